The van der Waals surface area contributed by atoms with E-state index in [0.29, 0.717) is 0 Å². The molecule has 1 heterocycles. The first-order valence-electron chi connectivity index (χ1n) is 4.53. The monoisotopic (exact) mass is 243 g/mol. The molecule has 16 heavy (non-hydrogen) atoms. The first-order valence-corrected chi connectivity index (χ1v) is 6.42. The molecule has 1 aromatic rings. The van der Waals surface area contributed by atoms with E-state index in [2.05, 4.69) is 10.3 Å². The van der Waals surface area contributed by atoms with E-state index in [1.165, 1.54) is 25.3 Å². The van der Waals surface area contributed by atoms with Gasteiger partial charge in [0, 0.05) is 12.5 Å². The third-order valence-corrected chi connectivity index (χ3v) is 3.08. The van der Waals surface area contributed by atoms with Crippen LogP contribution in [-0.4, -0.2) is 31.6 Å². The number of carbonyl (C=O) groups is 1. The lowest BCUT2D eigenvalue weighted by atomic mass is 10.3. The quantitative estimate of drug-likeness (QED) is 0.760. The molecule has 0 aromatic carbocycles. The number of pyridine rings is 1. The fourth-order valence-electron chi connectivity index (χ4n) is 1.07. The first-order chi connectivity index (χ1) is 7.32. The molecule has 1 unspecified atom stereocenters. The van der Waals surface area contributed by atoms with Crippen LogP contribution in [-0.2, 0) is 14.6 Å². The molecule has 1 atom stereocenters. The van der Waals surface area contributed by atoms with Gasteiger partial charge in [-0.3, -0.25) is 4.79 Å². The van der Waals surface area contributed by atoms with Crippen molar-refractivity contribution in [3.05, 3.63) is 18.3 Å². The molecule has 6 nitrogen and oxygen atoms in total. The summed E-state index contributed by atoms with van der Waals surface area (Å²) in [4.78, 5) is 14.8. The molecule has 0 saturated heterocycles. The minimum atomic E-state index is -3.38. The molecule has 88 valence electrons. The number of nitrogens with two attached hydrogens (primary N) is 1. The van der Waals surface area contributed by atoms with Crippen LogP contribution < -0.4 is 11.1 Å². The number of rotatable bonds is 4. The highest BCUT2D eigenvalue weighted by Crippen LogP contribution is 2.18. The third-order valence-electron chi connectivity index (χ3n) is 1.95. The van der Waals surface area contributed by atoms with Crippen LogP contribution in [0, 0.1) is 0 Å². The zero-order valence-electron chi connectivity index (χ0n) is 8.97. The van der Waals surface area contributed by atoms with Crippen LogP contribution in [0.5, 0.6) is 0 Å². The molecule has 0 bridgehead atoms. The summed E-state index contributed by atoms with van der Waals surface area (Å²) in [6.07, 6.45) is 2.51. The Bertz CT molecular complexity index is 498. The number of nitrogens with one attached hydrogen (secondary N) is 1. The van der Waals surface area contributed by atoms with Crippen LogP contribution in [0.1, 0.15) is 6.92 Å². The number of primary amides is 1. The topological polar surface area (TPSA) is 102 Å². The van der Waals surface area contributed by atoms with Crippen molar-refractivity contribution < 1.29 is 13.2 Å². The molecule has 0 spiro atoms. The van der Waals surface area contributed by atoms with Crippen LogP contribution in [0.3, 0.4) is 0 Å². The van der Waals surface area contributed by atoms with Gasteiger partial charge < -0.3 is 11.1 Å². The zero-order valence-corrected chi connectivity index (χ0v) is 9.78. The number of hydrogen-bond donors (Lipinski definition) is 2. The first kappa shape index (κ1) is 12.4. The van der Waals surface area contributed by atoms with Gasteiger partial charge in [0.2, 0.25) is 5.91 Å². The molecule has 3 N–H and O–H groups in total. The lowest BCUT2D eigenvalue weighted by Gasteiger charge is -2.13. The third kappa shape index (κ3) is 2.93. The Morgan fingerprint density at radius 2 is 2.19 bits per heavy atom. The number of hydrogen-bond acceptors (Lipinski definition) is 5. The maximum Gasteiger partial charge on any atom is 0.239 e. The van der Waals surface area contributed by atoms with Crippen LogP contribution in [0.2, 0.25) is 0 Å². The van der Waals surface area contributed by atoms with Crippen molar-refractivity contribution in [2.45, 2.75) is 17.9 Å². The standard InChI is InChI=1S/C9H13N3O3S/c1-6(8(10)13)12-9-7(16(2,14)15)4-3-5-11-9/h3-6H,1-2H3,(H2,10,13)(H,11,12). The average Bonchev–Trinajstić information content (AvgIpc) is 2.16. The summed E-state index contributed by atoms with van der Waals surface area (Å²) in [5, 5.41) is 2.65. The maximum atomic E-state index is 11.4. The Morgan fingerprint density at radius 1 is 1.56 bits per heavy atom. The number of anilines is 1. The number of carbonyl (C=O) groups excluding carboxylic acids is 1. The molecule has 0 fully saturated rings. The minimum absolute atomic E-state index is 0.0445. The molecular formula is C9H13N3O3S. The van der Waals surface area contributed by atoms with Gasteiger partial charge in [-0.2, -0.15) is 0 Å². The Morgan fingerprint density at radius 3 is 2.69 bits per heavy atom. The normalized spacial score (nSPS) is 13.1. The van der Waals surface area contributed by atoms with E-state index in [1.54, 1.807) is 0 Å². The lowest BCUT2D eigenvalue weighted by molar-refractivity contribution is -0.118. The summed E-state index contributed by atoms with van der Waals surface area (Å²) < 4.78 is 22.8. The van der Waals surface area contributed by atoms with Gasteiger partial charge in [0.25, 0.3) is 0 Å². The molecule has 0 aliphatic rings. The SMILES string of the molecule is CC(Nc1ncccc1S(C)(=O)=O)C(N)=O. The van der Waals surface area contributed by atoms with Crippen molar-refractivity contribution in [2.75, 3.05) is 11.6 Å². The molecule has 1 aromatic heterocycles. The predicted molar refractivity (Wildman–Crippen MR) is 59.6 cm³/mol. The second kappa shape index (κ2) is 4.48. The predicted octanol–water partition coefficient (Wildman–Crippen LogP) is -0.229. The van der Waals surface area contributed by atoms with Gasteiger partial charge in [-0.05, 0) is 19.1 Å². The highest BCUT2D eigenvalue weighted by atomic mass is 32.2. The molecule has 0 radical (unpaired) electrons. The van der Waals surface area contributed by atoms with Gasteiger partial charge in [0.15, 0.2) is 9.84 Å². The van der Waals surface area contributed by atoms with Crippen LogP contribution in [0.4, 0.5) is 5.82 Å². The molecule has 1 rings (SSSR count). The number of sulfone groups is 1. The fourth-order valence-corrected chi connectivity index (χ4v) is 1.86. The maximum absolute atomic E-state index is 11.4. The van der Waals surface area contributed by atoms with Crippen molar-refractivity contribution in [1.82, 2.24) is 4.98 Å². The van der Waals surface area contributed by atoms with E-state index in [-0.39, 0.29) is 10.7 Å². The van der Waals surface area contributed by atoms with Gasteiger partial charge in [-0.1, -0.05) is 0 Å². The summed E-state index contributed by atoms with van der Waals surface area (Å²) in [5.41, 5.74) is 5.06. The highest BCUT2D eigenvalue weighted by molar-refractivity contribution is 7.90. The second-order valence-electron chi connectivity index (χ2n) is 3.39. The van der Waals surface area contributed by atoms with Gasteiger partial charge in [-0.15, -0.1) is 0 Å². The Hall–Kier alpha value is -1.63. The van der Waals surface area contributed by atoms with E-state index >= 15 is 0 Å². The van der Waals surface area contributed by atoms with E-state index in [4.69, 9.17) is 5.73 Å². The second-order valence-corrected chi connectivity index (χ2v) is 5.37. The molecule has 0 saturated carbocycles. The number of nitrogens with zero attached hydrogens (tertiary/aromatic N) is 1. The van der Waals surface area contributed by atoms with Gasteiger partial charge in [-0.25, -0.2) is 13.4 Å². The van der Waals surface area contributed by atoms with E-state index in [9.17, 15) is 13.2 Å². The number of amides is 1. The van der Waals surface area contributed by atoms with Gasteiger partial charge >= 0.3 is 0 Å². The van der Waals surface area contributed by atoms with E-state index < -0.39 is 21.8 Å². The van der Waals surface area contributed by atoms with Gasteiger partial charge in [0.05, 0.1) is 0 Å². The zero-order chi connectivity index (χ0) is 12.3. The molecule has 1 amide bonds. The van der Waals surface area contributed by atoms with E-state index in [1.807, 2.05) is 0 Å². The molecule has 7 heteroatoms. The Balaban J connectivity index is 3.10. The summed E-state index contributed by atoms with van der Waals surface area (Å²) in [5.74, 6) is -0.443. The van der Waals surface area contributed by atoms with Crippen molar-refractivity contribution in [1.29, 1.82) is 0 Å². The Kier molecular flexibility index (Phi) is 3.48. The summed E-state index contributed by atoms with van der Waals surface area (Å²) in [7, 11) is -3.38. The Labute approximate surface area is 93.8 Å². The smallest absolute Gasteiger partial charge is 0.239 e. The average molecular weight is 243 g/mol. The van der Waals surface area contributed by atoms with Crippen LogP contribution in [0.15, 0.2) is 23.2 Å². The minimum Gasteiger partial charge on any atom is -0.368 e. The van der Waals surface area contributed by atoms with Crippen LogP contribution in [0.25, 0.3) is 0 Å². The fraction of sp³-hybridized carbons (Fsp3) is 0.333. The lowest BCUT2D eigenvalue weighted by Crippen LogP contribution is -2.33. The van der Waals surface area contributed by atoms with E-state index in [0.717, 1.165) is 6.26 Å². The van der Waals surface area contributed by atoms with Gasteiger partial charge in [0.1, 0.15) is 16.8 Å². The van der Waals surface area contributed by atoms with Crippen molar-refractivity contribution in [3.63, 3.8) is 0 Å². The molecule has 0 aliphatic heterocycles. The molecular weight excluding hydrogens is 230 g/mol. The van der Waals surface area contributed by atoms with Crippen molar-refractivity contribution in [2.24, 2.45) is 5.73 Å². The number of aromatic nitrogens is 1. The largest absolute Gasteiger partial charge is 0.368 e. The van der Waals surface area contributed by atoms with Crippen LogP contribution >= 0.6 is 0 Å². The van der Waals surface area contributed by atoms with Crippen molar-refractivity contribution in [3.8, 4) is 0 Å². The summed E-state index contributed by atoms with van der Waals surface area (Å²) >= 11 is 0. The van der Waals surface area contributed by atoms with Crippen molar-refractivity contribution >= 4 is 21.6 Å². The summed E-state index contributed by atoms with van der Waals surface area (Å²) in [6, 6.07) is 2.24. The highest BCUT2D eigenvalue weighted by Gasteiger charge is 2.17. The molecule has 0 aliphatic carbocycles. The summed E-state index contributed by atoms with van der Waals surface area (Å²) in [6.45, 7) is 1.53.